The summed E-state index contributed by atoms with van der Waals surface area (Å²) in [6.07, 6.45) is 0. The maximum atomic E-state index is 12.5. The molecule has 2 aromatic heterocycles. The number of nitrogens with zero attached hydrogens (tertiary/aromatic N) is 2. The van der Waals surface area contributed by atoms with Crippen LogP contribution in [0.25, 0.3) is 10.2 Å². The molecule has 0 aliphatic rings. The van der Waals surface area contributed by atoms with Gasteiger partial charge in [0.1, 0.15) is 5.69 Å². The molecule has 3 N–H and O–H groups in total. The van der Waals surface area contributed by atoms with Crippen LogP contribution in [0.1, 0.15) is 21.6 Å². The summed E-state index contributed by atoms with van der Waals surface area (Å²) in [6, 6.07) is 13.0. The first kappa shape index (κ1) is 19.0. The Morgan fingerprint density at radius 3 is 2.41 bits per heavy atom. The van der Waals surface area contributed by atoms with Crippen molar-refractivity contribution in [3.05, 3.63) is 64.7 Å². The Bertz CT molecular complexity index is 1200. The SMILES string of the molecule is Cc1ccc(NC(=O)Nc2nc(C(=O)Nc3nc4ccc(C)cc4s3)cs2)cc1. The first-order valence-corrected chi connectivity index (χ1v) is 10.4. The quantitative estimate of drug-likeness (QED) is 0.417. The van der Waals surface area contributed by atoms with Crippen molar-refractivity contribution >= 4 is 60.8 Å². The monoisotopic (exact) mass is 423 g/mol. The highest BCUT2D eigenvalue weighted by atomic mass is 32.1. The summed E-state index contributed by atoms with van der Waals surface area (Å²) in [5.41, 5.74) is 3.97. The molecule has 0 aliphatic heterocycles. The molecule has 3 amide bonds. The van der Waals surface area contributed by atoms with E-state index in [4.69, 9.17) is 0 Å². The third kappa shape index (κ3) is 4.58. The Hall–Kier alpha value is -3.30. The van der Waals surface area contributed by atoms with E-state index < -0.39 is 6.03 Å². The van der Waals surface area contributed by atoms with E-state index in [1.807, 2.05) is 56.3 Å². The molecule has 4 aromatic rings. The van der Waals surface area contributed by atoms with E-state index in [1.165, 1.54) is 22.7 Å². The van der Waals surface area contributed by atoms with Gasteiger partial charge in [0.15, 0.2) is 10.3 Å². The van der Waals surface area contributed by atoms with Crippen LogP contribution in [0.3, 0.4) is 0 Å². The van der Waals surface area contributed by atoms with Crippen LogP contribution < -0.4 is 16.0 Å². The number of urea groups is 1. The second kappa shape index (κ2) is 7.98. The van der Waals surface area contributed by atoms with Crippen LogP contribution in [0.5, 0.6) is 0 Å². The van der Waals surface area contributed by atoms with Crippen LogP contribution in [0, 0.1) is 13.8 Å². The maximum absolute atomic E-state index is 12.5. The number of carbonyl (C=O) groups is 2. The highest BCUT2D eigenvalue weighted by Gasteiger charge is 2.15. The number of aromatic nitrogens is 2. The third-order valence-electron chi connectivity index (χ3n) is 4.03. The van der Waals surface area contributed by atoms with E-state index in [0.717, 1.165) is 21.3 Å². The summed E-state index contributed by atoms with van der Waals surface area (Å²) in [6.45, 7) is 3.98. The molecule has 2 heterocycles. The number of hydrogen-bond donors (Lipinski definition) is 3. The summed E-state index contributed by atoms with van der Waals surface area (Å²) in [7, 11) is 0. The number of hydrogen-bond acceptors (Lipinski definition) is 6. The number of aryl methyl sites for hydroxylation is 2. The Labute approximate surface area is 174 Å². The molecule has 7 nitrogen and oxygen atoms in total. The fraction of sp³-hybridized carbons (Fsp3) is 0.100. The molecule has 4 rings (SSSR count). The fourth-order valence-corrected chi connectivity index (χ4v) is 4.22. The highest BCUT2D eigenvalue weighted by Crippen LogP contribution is 2.27. The van der Waals surface area contributed by atoms with Gasteiger partial charge in [-0.25, -0.2) is 14.8 Å². The molecule has 0 unspecified atom stereocenters. The molecular weight excluding hydrogens is 406 g/mol. The third-order valence-corrected chi connectivity index (χ3v) is 5.72. The van der Waals surface area contributed by atoms with Gasteiger partial charge in [-0.15, -0.1) is 11.3 Å². The zero-order valence-corrected chi connectivity index (χ0v) is 17.3. The number of thiazole rings is 2. The molecular formula is C20H17N5O2S2. The van der Waals surface area contributed by atoms with Crippen LogP contribution in [-0.2, 0) is 0 Å². The van der Waals surface area contributed by atoms with Gasteiger partial charge in [0.2, 0.25) is 0 Å². The van der Waals surface area contributed by atoms with Gasteiger partial charge >= 0.3 is 6.03 Å². The molecule has 0 saturated heterocycles. The molecule has 2 aromatic carbocycles. The van der Waals surface area contributed by atoms with Gasteiger partial charge in [0, 0.05) is 11.1 Å². The minimum atomic E-state index is -0.420. The Kier molecular flexibility index (Phi) is 5.24. The number of rotatable bonds is 4. The van der Waals surface area contributed by atoms with Crippen molar-refractivity contribution in [2.45, 2.75) is 13.8 Å². The molecule has 0 saturated carbocycles. The molecule has 0 atom stereocenters. The van der Waals surface area contributed by atoms with E-state index in [1.54, 1.807) is 5.38 Å². The van der Waals surface area contributed by atoms with Crippen molar-refractivity contribution in [1.29, 1.82) is 0 Å². The van der Waals surface area contributed by atoms with Crippen molar-refractivity contribution in [2.24, 2.45) is 0 Å². The molecule has 0 radical (unpaired) electrons. The zero-order chi connectivity index (χ0) is 20.4. The predicted molar refractivity (Wildman–Crippen MR) is 118 cm³/mol. The molecule has 29 heavy (non-hydrogen) atoms. The molecule has 0 spiro atoms. The van der Waals surface area contributed by atoms with Crippen LogP contribution in [0.4, 0.5) is 20.7 Å². The lowest BCUT2D eigenvalue weighted by atomic mass is 10.2. The summed E-state index contributed by atoms with van der Waals surface area (Å²) < 4.78 is 1.01. The van der Waals surface area contributed by atoms with E-state index in [2.05, 4.69) is 25.9 Å². The van der Waals surface area contributed by atoms with Crippen LogP contribution in [0.2, 0.25) is 0 Å². The lowest BCUT2D eigenvalue weighted by Crippen LogP contribution is -2.19. The number of anilines is 3. The predicted octanol–water partition coefficient (Wildman–Crippen LogP) is 5.27. The number of fused-ring (bicyclic) bond motifs is 1. The summed E-state index contributed by atoms with van der Waals surface area (Å²) in [4.78, 5) is 33.1. The van der Waals surface area contributed by atoms with Gasteiger partial charge in [-0.2, -0.15) is 0 Å². The van der Waals surface area contributed by atoms with Gasteiger partial charge in [0.25, 0.3) is 5.91 Å². The van der Waals surface area contributed by atoms with Crippen LogP contribution in [0.15, 0.2) is 47.8 Å². The van der Waals surface area contributed by atoms with E-state index >= 15 is 0 Å². The normalized spacial score (nSPS) is 10.7. The van der Waals surface area contributed by atoms with Gasteiger partial charge in [-0.3, -0.25) is 15.4 Å². The minimum Gasteiger partial charge on any atom is -0.308 e. The number of amides is 3. The van der Waals surface area contributed by atoms with E-state index in [0.29, 0.717) is 16.0 Å². The van der Waals surface area contributed by atoms with Gasteiger partial charge in [-0.05, 0) is 43.7 Å². The number of nitrogens with one attached hydrogen (secondary N) is 3. The van der Waals surface area contributed by atoms with E-state index in [-0.39, 0.29) is 11.6 Å². The first-order valence-electron chi connectivity index (χ1n) is 8.75. The molecule has 146 valence electrons. The smallest absolute Gasteiger partial charge is 0.308 e. The van der Waals surface area contributed by atoms with Crippen molar-refractivity contribution in [2.75, 3.05) is 16.0 Å². The summed E-state index contributed by atoms with van der Waals surface area (Å²) in [5.74, 6) is -0.371. The molecule has 9 heteroatoms. The second-order valence-electron chi connectivity index (χ2n) is 6.43. The molecule has 0 fully saturated rings. The van der Waals surface area contributed by atoms with Crippen molar-refractivity contribution < 1.29 is 9.59 Å². The van der Waals surface area contributed by atoms with Gasteiger partial charge < -0.3 is 5.32 Å². The summed E-state index contributed by atoms with van der Waals surface area (Å²) >= 11 is 2.58. The Morgan fingerprint density at radius 2 is 1.62 bits per heavy atom. The van der Waals surface area contributed by atoms with E-state index in [9.17, 15) is 9.59 Å². The largest absolute Gasteiger partial charge is 0.325 e. The average molecular weight is 424 g/mol. The van der Waals surface area contributed by atoms with Gasteiger partial charge in [-0.1, -0.05) is 35.1 Å². The standard InChI is InChI=1S/C20H17N5O2S2/c1-11-3-6-13(7-4-11)21-18(27)25-19-23-15(10-28-19)17(26)24-20-22-14-8-5-12(2)9-16(14)29-20/h3-10H,1-2H3,(H,22,24,26)(H2,21,23,25,27). The maximum Gasteiger partial charge on any atom is 0.325 e. The molecule has 0 bridgehead atoms. The van der Waals surface area contributed by atoms with Crippen molar-refractivity contribution in [1.82, 2.24) is 9.97 Å². The zero-order valence-electron chi connectivity index (χ0n) is 15.6. The Balaban J connectivity index is 1.39. The second-order valence-corrected chi connectivity index (χ2v) is 8.32. The minimum absolute atomic E-state index is 0.219. The number of carbonyl (C=O) groups excluding carboxylic acids is 2. The van der Waals surface area contributed by atoms with Crippen LogP contribution >= 0.6 is 22.7 Å². The van der Waals surface area contributed by atoms with Crippen LogP contribution in [-0.4, -0.2) is 21.9 Å². The van der Waals surface area contributed by atoms with Crippen molar-refractivity contribution in [3.63, 3.8) is 0 Å². The number of benzene rings is 2. The molecule has 0 aliphatic carbocycles. The lowest BCUT2D eigenvalue weighted by molar-refractivity contribution is 0.102. The summed E-state index contributed by atoms with van der Waals surface area (Å²) in [5, 5.41) is 10.6. The first-order chi connectivity index (χ1) is 14.0. The topological polar surface area (TPSA) is 96.0 Å². The van der Waals surface area contributed by atoms with Gasteiger partial charge in [0.05, 0.1) is 10.2 Å². The van der Waals surface area contributed by atoms with Crippen molar-refractivity contribution in [3.8, 4) is 0 Å². The Morgan fingerprint density at radius 1 is 0.862 bits per heavy atom. The average Bonchev–Trinajstić information content (AvgIpc) is 3.29. The lowest BCUT2D eigenvalue weighted by Gasteiger charge is -2.05. The highest BCUT2D eigenvalue weighted by molar-refractivity contribution is 7.22. The fourth-order valence-electron chi connectivity index (χ4n) is 2.58.